The van der Waals surface area contributed by atoms with E-state index in [-0.39, 0.29) is 34.1 Å². The minimum absolute atomic E-state index is 0.101. The van der Waals surface area contributed by atoms with Gasteiger partial charge in [-0.05, 0) is 36.4 Å². The van der Waals surface area contributed by atoms with Crippen molar-refractivity contribution in [1.29, 1.82) is 0 Å². The van der Waals surface area contributed by atoms with Crippen LogP contribution >= 0.6 is 0 Å². The van der Waals surface area contributed by atoms with Gasteiger partial charge in [0.1, 0.15) is 17.2 Å². The van der Waals surface area contributed by atoms with Crippen LogP contribution in [0.2, 0.25) is 0 Å². The van der Waals surface area contributed by atoms with Crippen LogP contribution in [0, 0.1) is 10.1 Å². The van der Waals surface area contributed by atoms with E-state index < -0.39 is 20.9 Å². The van der Waals surface area contributed by atoms with Gasteiger partial charge in [-0.2, -0.15) is 0 Å². The summed E-state index contributed by atoms with van der Waals surface area (Å²) in [5, 5.41) is 11.1. The molecule has 0 unspecified atom stereocenters. The molecule has 0 spiro atoms. The van der Waals surface area contributed by atoms with E-state index in [9.17, 15) is 23.3 Å². The average Bonchev–Trinajstić information content (AvgIpc) is 2.88. The fourth-order valence-electron chi connectivity index (χ4n) is 3.42. The number of hydrogen-bond donors (Lipinski definition) is 1. The van der Waals surface area contributed by atoms with Crippen LogP contribution in [0.15, 0.2) is 65.6 Å². The second kappa shape index (κ2) is 11.0. The number of nitrogens with zero attached hydrogens (tertiary/aromatic N) is 2. The monoisotopic (exact) mass is 515 g/mol. The number of sulfonamides is 1. The lowest BCUT2D eigenvalue weighted by molar-refractivity contribution is -0.384. The number of nitro groups is 1. The summed E-state index contributed by atoms with van der Waals surface area (Å²) in [6.45, 7) is 0.201. The lowest BCUT2D eigenvalue weighted by Crippen LogP contribution is -2.26. The largest absolute Gasteiger partial charge is 0.497 e. The van der Waals surface area contributed by atoms with E-state index in [1.165, 1.54) is 62.6 Å². The summed E-state index contributed by atoms with van der Waals surface area (Å²) < 4.78 is 44.1. The van der Waals surface area contributed by atoms with E-state index in [0.29, 0.717) is 11.5 Å². The average molecular weight is 516 g/mol. The first-order valence-electron chi connectivity index (χ1n) is 10.5. The first kappa shape index (κ1) is 26.3. The molecule has 36 heavy (non-hydrogen) atoms. The zero-order valence-corrected chi connectivity index (χ0v) is 20.9. The topological polar surface area (TPSA) is 137 Å². The fraction of sp³-hybridized carbons (Fsp3) is 0.208. The number of hydrogen-bond acceptors (Lipinski definition) is 8. The Hall–Kier alpha value is -4.32. The molecule has 3 aromatic carbocycles. The quantitative estimate of drug-likeness (QED) is 0.319. The van der Waals surface area contributed by atoms with E-state index in [2.05, 4.69) is 4.72 Å². The van der Waals surface area contributed by atoms with Gasteiger partial charge in [0.2, 0.25) is 0 Å². The van der Waals surface area contributed by atoms with Crippen molar-refractivity contribution in [3.63, 3.8) is 0 Å². The Morgan fingerprint density at radius 3 is 2.33 bits per heavy atom. The molecule has 0 bridgehead atoms. The molecule has 0 aliphatic rings. The third-order valence-corrected chi connectivity index (χ3v) is 6.64. The molecule has 12 heteroatoms. The maximum absolute atomic E-state index is 13.1. The van der Waals surface area contributed by atoms with Crippen molar-refractivity contribution >= 4 is 27.3 Å². The van der Waals surface area contributed by atoms with Gasteiger partial charge < -0.3 is 19.1 Å². The van der Waals surface area contributed by atoms with Crippen LogP contribution in [0.4, 0.5) is 11.4 Å². The van der Waals surface area contributed by atoms with E-state index in [1.54, 1.807) is 25.2 Å². The Kier molecular flexibility index (Phi) is 8.00. The molecular weight excluding hydrogens is 490 g/mol. The summed E-state index contributed by atoms with van der Waals surface area (Å²) in [7, 11) is 1.74. The molecule has 190 valence electrons. The molecule has 0 aromatic heterocycles. The van der Waals surface area contributed by atoms with Crippen LogP contribution < -0.4 is 18.9 Å². The highest BCUT2D eigenvalue weighted by molar-refractivity contribution is 7.92. The van der Waals surface area contributed by atoms with Crippen molar-refractivity contribution in [2.45, 2.75) is 11.4 Å². The summed E-state index contributed by atoms with van der Waals surface area (Å²) in [6, 6.07) is 14.3. The molecule has 3 aromatic rings. The summed E-state index contributed by atoms with van der Waals surface area (Å²) in [5.41, 5.74) is 0.455. The highest BCUT2D eigenvalue weighted by atomic mass is 32.2. The van der Waals surface area contributed by atoms with Crippen LogP contribution in [-0.2, 0) is 16.6 Å². The van der Waals surface area contributed by atoms with Crippen LogP contribution in [0.25, 0.3) is 0 Å². The molecule has 0 saturated carbocycles. The normalized spacial score (nSPS) is 10.9. The van der Waals surface area contributed by atoms with Crippen molar-refractivity contribution in [2.24, 2.45) is 0 Å². The van der Waals surface area contributed by atoms with Gasteiger partial charge in [-0.25, -0.2) is 8.42 Å². The highest BCUT2D eigenvalue weighted by Crippen LogP contribution is 2.31. The molecule has 0 heterocycles. The van der Waals surface area contributed by atoms with Gasteiger partial charge in [-0.1, -0.05) is 6.07 Å². The molecule has 0 fully saturated rings. The number of amides is 1. The SMILES string of the molecule is COc1ccc(CN(C)C(=O)c2cccc(S(=O)(=O)Nc3cc([N+](=O)[O-])ccc3OC)c2)c(OC)c1. The lowest BCUT2D eigenvalue weighted by Gasteiger charge is -2.20. The van der Waals surface area contributed by atoms with Crippen molar-refractivity contribution in [2.75, 3.05) is 33.1 Å². The first-order valence-corrected chi connectivity index (χ1v) is 12.0. The Bertz CT molecular complexity index is 1390. The number of nitro benzene ring substituents is 1. The third kappa shape index (κ3) is 5.84. The molecular formula is C24H25N3O8S. The van der Waals surface area contributed by atoms with Gasteiger partial charge in [0.25, 0.3) is 21.6 Å². The van der Waals surface area contributed by atoms with E-state index in [0.717, 1.165) is 11.6 Å². The first-order chi connectivity index (χ1) is 17.1. The maximum atomic E-state index is 13.1. The molecule has 3 rings (SSSR count). The van der Waals surface area contributed by atoms with E-state index in [4.69, 9.17) is 14.2 Å². The predicted octanol–water partition coefficient (Wildman–Crippen LogP) is 3.69. The molecule has 1 N–H and O–H groups in total. The second-order valence-electron chi connectivity index (χ2n) is 7.61. The number of carbonyl (C=O) groups is 1. The van der Waals surface area contributed by atoms with Crippen LogP contribution in [0.1, 0.15) is 15.9 Å². The number of anilines is 1. The van der Waals surface area contributed by atoms with Gasteiger partial charge in [0, 0.05) is 42.9 Å². The highest BCUT2D eigenvalue weighted by Gasteiger charge is 2.22. The van der Waals surface area contributed by atoms with Crippen LogP contribution in [0.5, 0.6) is 17.2 Å². The zero-order valence-electron chi connectivity index (χ0n) is 20.0. The molecule has 1 amide bonds. The maximum Gasteiger partial charge on any atom is 0.271 e. The van der Waals surface area contributed by atoms with Gasteiger partial charge in [-0.15, -0.1) is 0 Å². The number of methoxy groups -OCH3 is 3. The van der Waals surface area contributed by atoms with Crippen LogP contribution in [-0.4, -0.2) is 52.5 Å². The second-order valence-corrected chi connectivity index (χ2v) is 9.30. The molecule has 0 atom stereocenters. The molecule has 0 aliphatic carbocycles. The fourth-order valence-corrected chi connectivity index (χ4v) is 4.53. The number of nitrogens with one attached hydrogen (secondary N) is 1. The minimum Gasteiger partial charge on any atom is -0.497 e. The van der Waals surface area contributed by atoms with Crippen molar-refractivity contribution in [3.8, 4) is 17.2 Å². The summed E-state index contributed by atoms with van der Waals surface area (Å²) in [6.07, 6.45) is 0. The number of benzene rings is 3. The van der Waals surface area contributed by atoms with Gasteiger partial charge in [0.15, 0.2) is 0 Å². The Labute approximate surface area is 208 Å². The van der Waals surface area contributed by atoms with Crippen molar-refractivity contribution in [3.05, 3.63) is 81.9 Å². The van der Waals surface area contributed by atoms with Crippen LogP contribution in [0.3, 0.4) is 0 Å². The lowest BCUT2D eigenvalue weighted by atomic mass is 10.1. The third-order valence-electron chi connectivity index (χ3n) is 5.28. The summed E-state index contributed by atoms with van der Waals surface area (Å²) >= 11 is 0. The standard InChI is InChI=1S/C24H25N3O8S/c1-26(15-17-8-10-19(33-2)14-23(17)35-4)24(28)16-6-5-7-20(12-16)36(31,32)25-21-13-18(27(29)30)9-11-22(21)34-3/h5-14,25H,15H2,1-4H3. The number of rotatable bonds is 10. The van der Waals surface area contributed by atoms with Gasteiger partial charge in [0.05, 0.1) is 36.8 Å². The number of carbonyl (C=O) groups excluding carboxylic acids is 1. The number of ether oxygens (including phenoxy) is 3. The van der Waals surface area contributed by atoms with E-state index >= 15 is 0 Å². The minimum atomic E-state index is -4.20. The Morgan fingerprint density at radius 1 is 0.972 bits per heavy atom. The Balaban J connectivity index is 1.85. The molecule has 11 nitrogen and oxygen atoms in total. The summed E-state index contributed by atoms with van der Waals surface area (Å²) in [4.78, 5) is 24.8. The smallest absolute Gasteiger partial charge is 0.271 e. The summed E-state index contributed by atoms with van der Waals surface area (Å²) in [5.74, 6) is 0.832. The van der Waals surface area contributed by atoms with E-state index in [1.807, 2.05) is 0 Å². The molecule has 0 saturated heterocycles. The molecule has 0 aliphatic heterocycles. The van der Waals surface area contributed by atoms with Crippen molar-refractivity contribution in [1.82, 2.24) is 4.90 Å². The number of non-ortho nitro benzene ring substituents is 1. The van der Waals surface area contributed by atoms with Crippen molar-refractivity contribution < 1.29 is 32.3 Å². The van der Waals surface area contributed by atoms with Gasteiger partial charge in [-0.3, -0.25) is 19.6 Å². The Morgan fingerprint density at radius 2 is 1.69 bits per heavy atom. The zero-order chi connectivity index (χ0) is 26.5. The molecule has 0 radical (unpaired) electrons. The predicted molar refractivity (Wildman–Crippen MR) is 132 cm³/mol. The van der Waals surface area contributed by atoms with Gasteiger partial charge >= 0.3 is 0 Å².